The lowest BCUT2D eigenvalue weighted by Crippen LogP contribution is -2.21. The van der Waals surface area contributed by atoms with Crippen LogP contribution < -0.4 is 10.2 Å². The first kappa shape index (κ1) is 12.0. The van der Waals surface area contributed by atoms with Gasteiger partial charge in [0.15, 0.2) is 0 Å². The maximum atomic E-state index is 4.67. The molecule has 0 aliphatic carbocycles. The van der Waals surface area contributed by atoms with Crippen molar-refractivity contribution in [3.05, 3.63) is 18.5 Å². The van der Waals surface area contributed by atoms with Gasteiger partial charge >= 0.3 is 0 Å². The molecule has 19 heavy (non-hydrogen) atoms. The Labute approximate surface area is 112 Å². The molecule has 0 amide bonds. The zero-order valence-corrected chi connectivity index (χ0v) is 11.3. The van der Waals surface area contributed by atoms with E-state index in [1.54, 1.807) is 4.68 Å². The van der Waals surface area contributed by atoms with Crippen molar-refractivity contribution < 1.29 is 0 Å². The largest absolute Gasteiger partial charge is 0.373 e. The minimum atomic E-state index is 0.809. The lowest BCUT2D eigenvalue weighted by Gasteiger charge is -2.16. The van der Waals surface area contributed by atoms with Crippen LogP contribution in [0.25, 0.3) is 11.3 Å². The number of nitrogens with zero attached hydrogens (tertiary/aromatic N) is 5. The smallest absolute Gasteiger partial charge is 0.227 e. The third-order valence-corrected chi connectivity index (χ3v) is 3.36. The van der Waals surface area contributed by atoms with E-state index in [0.29, 0.717) is 0 Å². The number of hydrogen-bond donors (Lipinski definition) is 1. The molecule has 0 saturated carbocycles. The second kappa shape index (κ2) is 4.87. The summed E-state index contributed by atoms with van der Waals surface area (Å²) >= 11 is 0. The molecule has 0 bridgehead atoms. The Kier molecular flexibility index (Phi) is 3.06. The maximum absolute atomic E-state index is 4.67. The highest BCUT2D eigenvalue weighted by Crippen LogP contribution is 2.24. The SMILES string of the molecule is CNc1cc(-c2cnn(C)c2)nc(N2CCCC2)n1. The second-order valence-corrected chi connectivity index (χ2v) is 4.79. The van der Waals surface area contributed by atoms with Gasteiger partial charge in [-0.05, 0) is 12.8 Å². The van der Waals surface area contributed by atoms with Crippen molar-refractivity contribution in [3.8, 4) is 11.3 Å². The molecule has 6 nitrogen and oxygen atoms in total. The molecule has 0 unspecified atom stereocenters. The fraction of sp³-hybridized carbons (Fsp3) is 0.462. The van der Waals surface area contributed by atoms with Crippen molar-refractivity contribution in [2.45, 2.75) is 12.8 Å². The van der Waals surface area contributed by atoms with Gasteiger partial charge in [-0.15, -0.1) is 0 Å². The number of hydrogen-bond acceptors (Lipinski definition) is 5. The van der Waals surface area contributed by atoms with Gasteiger partial charge in [0.2, 0.25) is 5.95 Å². The van der Waals surface area contributed by atoms with Gasteiger partial charge < -0.3 is 10.2 Å². The minimum Gasteiger partial charge on any atom is -0.373 e. The van der Waals surface area contributed by atoms with Gasteiger partial charge in [0.1, 0.15) is 5.82 Å². The molecule has 1 fully saturated rings. The quantitative estimate of drug-likeness (QED) is 0.904. The molecule has 6 heteroatoms. The van der Waals surface area contributed by atoms with E-state index in [-0.39, 0.29) is 0 Å². The first-order valence-corrected chi connectivity index (χ1v) is 6.57. The van der Waals surface area contributed by atoms with Crippen molar-refractivity contribution in [3.63, 3.8) is 0 Å². The summed E-state index contributed by atoms with van der Waals surface area (Å²) in [5.74, 6) is 1.65. The van der Waals surface area contributed by atoms with Gasteiger partial charge in [-0.1, -0.05) is 0 Å². The van der Waals surface area contributed by atoms with Gasteiger partial charge in [-0.3, -0.25) is 4.68 Å². The van der Waals surface area contributed by atoms with E-state index in [1.807, 2.05) is 32.6 Å². The Hall–Kier alpha value is -2.11. The molecule has 1 saturated heterocycles. The van der Waals surface area contributed by atoms with E-state index in [0.717, 1.165) is 36.1 Å². The molecule has 2 aromatic rings. The Bertz CT molecular complexity index is 570. The van der Waals surface area contributed by atoms with Crippen molar-refractivity contribution in [2.24, 2.45) is 7.05 Å². The van der Waals surface area contributed by atoms with Crippen LogP contribution in [0.3, 0.4) is 0 Å². The third-order valence-electron chi connectivity index (χ3n) is 3.36. The fourth-order valence-electron chi connectivity index (χ4n) is 2.32. The van der Waals surface area contributed by atoms with Gasteiger partial charge in [-0.2, -0.15) is 10.1 Å². The molecular weight excluding hydrogens is 240 g/mol. The van der Waals surface area contributed by atoms with E-state index in [1.165, 1.54) is 12.8 Å². The standard InChI is InChI=1S/C13H18N6/c1-14-12-7-11(10-8-15-18(2)9-10)16-13(17-12)19-5-3-4-6-19/h7-9H,3-6H2,1-2H3,(H,14,16,17). The molecule has 1 N–H and O–H groups in total. The molecule has 3 rings (SSSR count). The number of rotatable bonds is 3. The summed E-state index contributed by atoms with van der Waals surface area (Å²) < 4.78 is 1.78. The van der Waals surface area contributed by atoms with E-state index >= 15 is 0 Å². The average Bonchev–Trinajstić information content (AvgIpc) is 3.09. The molecular formula is C13H18N6. The molecule has 0 atom stereocenters. The van der Waals surface area contributed by atoms with Crippen molar-refractivity contribution >= 4 is 11.8 Å². The van der Waals surface area contributed by atoms with Gasteiger partial charge in [-0.25, -0.2) is 4.98 Å². The summed E-state index contributed by atoms with van der Waals surface area (Å²) in [5.41, 5.74) is 1.93. The van der Waals surface area contributed by atoms with Crippen LogP contribution in [0.4, 0.5) is 11.8 Å². The average molecular weight is 258 g/mol. The van der Waals surface area contributed by atoms with Crippen LogP contribution in [0.15, 0.2) is 18.5 Å². The summed E-state index contributed by atoms with van der Waals surface area (Å²) in [6, 6.07) is 1.95. The molecule has 0 spiro atoms. The predicted octanol–water partition coefficient (Wildman–Crippen LogP) is 1.52. The Morgan fingerprint density at radius 1 is 1.21 bits per heavy atom. The third kappa shape index (κ3) is 2.38. The van der Waals surface area contributed by atoms with Crippen LogP contribution in [0.1, 0.15) is 12.8 Å². The summed E-state index contributed by atoms with van der Waals surface area (Å²) in [6.07, 6.45) is 6.23. The van der Waals surface area contributed by atoms with Gasteiger partial charge in [0.25, 0.3) is 0 Å². The first-order valence-electron chi connectivity index (χ1n) is 6.57. The van der Waals surface area contributed by atoms with Crippen LogP contribution in [0.5, 0.6) is 0 Å². The van der Waals surface area contributed by atoms with E-state index < -0.39 is 0 Å². The minimum absolute atomic E-state index is 0.809. The monoisotopic (exact) mass is 258 g/mol. The zero-order chi connectivity index (χ0) is 13.2. The Morgan fingerprint density at radius 3 is 2.63 bits per heavy atom. The second-order valence-electron chi connectivity index (χ2n) is 4.79. The number of aromatic nitrogens is 4. The molecule has 1 aliphatic heterocycles. The Balaban J connectivity index is 2.01. The summed E-state index contributed by atoms with van der Waals surface area (Å²) in [4.78, 5) is 11.4. The summed E-state index contributed by atoms with van der Waals surface area (Å²) in [6.45, 7) is 2.08. The fourth-order valence-corrected chi connectivity index (χ4v) is 2.32. The number of anilines is 2. The number of nitrogens with one attached hydrogen (secondary N) is 1. The zero-order valence-electron chi connectivity index (χ0n) is 11.3. The van der Waals surface area contributed by atoms with Crippen LogP contribution in [-0.2, 0) is 7.05 Å². The van der Waals surface area contributed by atoms with Crippen LogP contribution in [0.2, 0.25) is 0 Å². The van der Waals surface area contributed by atoms with Crippen LogP contribution >= 0.6 is 0 Å². The lowest BCUT2D eigenvalue weighted by molar-refractivity contribution is 0.768. The maximum Gasteiger partial charge on any atom is 0.227 e. The van der Waals surface area contributed by atoms with Crippen molar-refractivity contribution in [2.75, 3.05) is 30.4 Å². The first-order chi connectivity index (χ1) is 9.26. The molecule has 100 valence electrons. The van der Waals surface area contributed by atoms with Crippen molar-refractivity contribution in [1.82, 2.24) is 19.7 Å². The van der Waals surface area contributed by atoms with Crippen molar-refractivity contribution in [1.29, 1.82) is 0 Å². The highest BCUT2D eigenvalue weighted by Gasteiger charge is 2.17. The summed E-state index contributed by atoms with van der Waals surface area (Å²) in [5, 5.41) is 7.30. The molecule has 2 aromatic heterocycles. The normalized spacial score (nSPS) is 14.9. The predicted molar refractivity (Wildman–Crippen MR) is 75.2 cm³/mol. The lowest BCUT2D eigenvalue weighted by atomic mass is 10.2. The molecule has 0 aromatic carbocycles. The highest BCUT2D eigenvalue weighted by atomic mass is 15.3. The van der Waals surface area contributed by atoms with Gasteiger partial charge in [0.05, 0.1) is 11.9 Å². The Morgan fingerprint density at radius 2 is 2.00 bits per heavy atom. The van der Waals surface area contributed by atoms with E-state index in [9.17, 15) is 0 Å². The van der Waals surface area contributed by atoms with Crippen LogP contribution in [0, 0.1) is 0 Å². The van der Waals surface area contributed by atoms with Crippen LogP contribution in [-0.4, -0.2) is 39.9 Å². The summed E-state index contributed by atoms with van der Waals surface area (Å²) in [7, 11) is 3.79. The van der Waals surface area contributed by atoms with E-state index in [4.69, 9.17) is 0 Å². The highest BCUT2D eigenvalue weighted by molar-refractivity contribution is 5.63. The van der Waals surface area contributed by atoms with Gasteiger partial charge in [0, 0.05) is 45.0 Å². The number of aryl methyl sites for hydroxylation is 1. The molecule has 0 radical (unpaired) electrons. The molecule has 3 heterocycles. The van der Waals surface area contributed by atoms with E-state index in [2.05, 4.69) is 25.3 Å². The topological polar surface area (TPSA) is 58.9 Å². The molecule has 1 aliphatic rings.